The molecule has 33 heavy (non-hydrogen) atoms. The van der Waals surface area contributed by atoms with Gasteiger partial charge in [0.2, 0.25) is 0 Å². The maximum Gasteiger partial charge on any atom is 0.323 e. The molecule has 3 aromatic heterocycles. The Hall–Kier alpha value is -2.48. The lowest BCUT2D eigenvalue weighted by Gasteiger charge is -2.30. The molecule has 2 amide bonds. The molecule has 4 aromatic rings. The van der Waals surface area contributed by atoms with Gasteiger partial charge < -0.3 is 14.8 Å². The molecule has 1 N–H and O–H groups in total. The van der Waals surface area contributed by atoms with E-state index in [4.69, 9.17) is 0 Å². The molecule has 0 radical (unpaired) electrons. The van der Waals surface area contributed by atoms with Gasteiger partial charge in [-0.25, -0.2) is 4.79 Å². The molecule has 1 unspecified atom stereocenters. The van der Waals surface area contributed by atoms with Crippen molar-refractivity contribution in [1.29, 1.82) is 0 Å². The number of hydrogen-bond donors (Lipinski definition) is 1. The molecular formula is C26H25N3OS3. The van der Waals surface area contributed by atoms with E-state index in [0.717, 1.165) is 29.1 Å². The van der Waals surface area contributed by atoms with Crippen LogP contribution in [0.4, 0.5) is 10.5 Å². The van der Waals surface area contributed by atoms with Crippen LogP contribution < -0.4 is 5.32 Å². The van der Waals surface area contributed by atoms with Crippen LogP contribution in [0.1, 0.15) is 45.5 Å². The first-order chi connectivity index (χ1) is 16.2. The van der Waals surface area contributed by atoms with Crippen molar-refractivity contribution in [2.75, 3.05) is 11.6 Å². The van der Waals surface area contributed by atoms with Crippen molar-refractivity contribution in [3.8, 4) is 5.00 Å². The third-order valence-corrected chi connectivity index (χ3v) is 9.56. The Bertz CT molecular complexity index is 1300. The van der Waals surface area contributed by atoms with Crippen LogP contribution in [-0.4, -0.2) is 21.8 Å². The molecule has 1 aliphatic carbocycles. The van der Waals surface area contributed by atoms with Crippen molar-refractivity contribution in [1.82, 2.24) is 9.47 Å². The fourth-order valence-electron chi connectivity index (χ4n) is 5.03. The van der Waals surface area contributed by atoms with Crippen LogP contribution in [0, 0.1) is 0 Å². The van der Waals surface area contributed by atoms with Crippen LogP contribution in [0.15, 0.2) is 65.0 Å². The van der Waals surface area contributed by atoms with E-state index in [1.807, 2.05) is 34.4 Å². The summed E-state index contributed by atoms with van der Waals surface area (Å²) >= 11 is 5.32. The summed E-state index contributed by atoms with van der Waals surface area (Å²) in [6.07, 6.45) is 8.99. The van der Waals surface area contributed by atoms with Gasteiger partial charge in [-0.2, -0.15) is 0 Å². The Morgan fingerprint density at radius 2 is 2.00 bits per heavy atom. The Labute approximate surface area is 206 Å². The first kappa shape index (κ1) is 21.1. The van der Waals surface area contributed by atoms with Gasteiger partial charge in [0, 0.05) is 32.1 Å². The van der Waals surface area contributed by atoms with Gasteiger partial charge in [0.25, 0.3) is 0 Å². The number of thioether (sulfide) groups is 1. The number of amides is 2. The molecule has 0 saturated heterocycles. The molecule has 168 valence electrons. The number of benzene rings is 1. The number of anilines is 1. The number of rotatable bonds is 3. The second-order valence-electron chi connectivity index (χ2n) is 8.51. The normalized spacial score (nSPS) is 17.1. The highest BCUT2D eigenvalue weighted by atomic mass is 32.2. The maximum atomic E-state index is 13.9. The molecule has 4 nitrogen and oxygen atoms in total. The van der Waals surface area contributed by atoms with Crippen molar-refractivity contribution in [3.63, 3.8) is 0 Å². The smallest absolute Gasteiger partial charge is 0.310 e. The monoisotopic (exact) mass is 491 g/mol. The summed E-state index contributed by atoms with van der Waals surface area (Å²) in [6, 6.07) is 16.4. The summed E-state index contributed by atoms with van der Waals surface area (Å²) in [7, 11) is 0. The molecule has 4 heterocycles. The number of aryl methyl sites for hydroxylation is 1. The topological polar surface area (TPSA) is 37.3 Å². The first-order valence-corrected chi connectivity index (χ1v) is 14.2. The fourth-order valence-corrected chi connectivity index (χ4v) is 7.74. The number of nitrogens with zero attached hydrogens (tertiary/aromatic N) is 2. The predicted molar refractivity (Wildman–Crippen MR) is 139 cm³/mol. The molecule has 0 saturated carbocycles. The lowest BCUT2D eigenvalue weighted by atomic mass is 9.95. The minimum absolute atomic E-state index is 0.0528. The summed E-state index contributed by atoms with van der Waals surface area (Å²) < 4.78 is 2.34. The lowest BCUT2D eigenvalue weighted by molar-refractivity contribution is 0.195. The number of thiophene rings is 2. The number of carbonyl (C=O) groups is 1. The van der Waals surface area contributed by atoms with E-state index in [1.54, 1.807) is 23.1 Å². The number of hydrogen-bond acceptors (Lipinski definition) is 4. The molecule has 0 bridgehead atoms. The molecule has 1 aliphatic heterocycles. The first-order valence-electron chi connectivity index (χ1n) is 11.3. The van der Waals surface area contributed by atoms with E-state index in [9.17, 15) is 4.79 Å². The largest absolute Gasteiger partial charge is 0.323 e. The average Bonchev–Trinajstić information content (AvgIpc) is 3.58. The lowest BCUT2D eigenvalue weighted by Crippen LogP contribution is -2.37. The third kappa shape index (κ3) is 3.72. The van der Waals surface area contributed by atoms with Crippen molar-refractivity contribution in [3.05, 3.63) is 86.7 Å². The Balaban J connectivity index is 1.47. The van der Waals surface area contributed by atoms with E-state index in [-0.39, 0.29) is 12.1 Å². The van der Waals surface area contributed by atoms with Crippen molar-refractivity contribution >= 4 is 46.2 Å². The zero-order chi connectivity index (χ0) is 22.4. The fraction of sp³-hybridized carbons (Fsp3) is 0.269. The second-order valence-corrected chi connectivity index (χ2v) is 11.4. The Kier molecular flexibility index (Phi) is 5.56. The molecule has 7 heteroatoms. The van der Waals surface area contributed by atoms with Crippen LogP contribution in [0.2, 0.25) is 0 Å². The summed E-state index contributed by atoms with van der Waals surface area (Å²) in [6.45, 7) is 0.624. The van der Waals surface area contributed by atoms with E-state index in [1.165, 1.54) is 38.7 Å². The van der Waals surface area contributed by atoms with Crippen molar-refractivity contribution in [2.24, 2.45) is 0 Å². The quantitative estimate of drug-likeness (QED) is 0.305. The zero-order valence-electron chi connectivity index (χ0n) is 18.4. The van der Waals surface area contributed by atoms with Crippen LogP contribution in [0.3, 0.4) is 0 Å². The number of carbonyl (C=O) groups excluding carboxylic acids is 1. The number of nitrogens with one attached hydrogen (secondary N) is 1. The van der Waals surface area contributed by atoms with Gasteiger partial charge in [0.15, 0.2) is 0 Å². The molecule has 0 fully saturated rings. The van der Waals surface area contributed by atoms with Crippen LogP contribution >= 0.6 is 34.4 Å². The number of urea groups is 1. The highest BCUT2D eigenvalue weighted by Gasteiger charge is 2.36. The highest BCUT2D eigenvalue weighted by molar-refractivity contribution is 7.98. The van der Waals surface area contributed by atoms with E-state index < -0.39 is 0 Å². The van der Waals surface area contributed by atoms with Crippen LogP contribution in [-0.2, 0) is 19.4 Å². The van der Waals surface area contributed by atoms with E-state index in [0.29, 0.717) is 6.54 Å². The van der Waals surface area contributed by atoms with Gasteiger partial charge in [-0.05, 0) is 79.3 Å². The third-order valence-electron chi connectivity index (χ3n) is 6.57. The summed E-state index contributed by atoms with van der Waals surface area (Å²) in [5.41, 5.74) is 4.81. The SMILES string of the molecule is CSc1cccc(NC(=O)N2Cc3c(sc4c3CCCC4)-n3cccc3C2c2cccs2)c1. The standard InChI is InChI=1S/C26H25N3OS3/c1-31-18-8-4-7-17(15-18)27-26(30)29-16-20-19-9-2-3-11-22(19)33-25(20)28-13-5-10-21(28)24(29)23-12-6-14-32-23/h4-8,10,12-15,24H,2-3,9,11,16H2,1H3,(H,27,30). The van der Waals surface area contributed by atoms with E-state index >= 15 is 0 Å². The molecule has 1 aromatic carbocycles. The van der Waals surface area contributed by atoms with Gasteiger partial charge in [0.05, 0.1) is 12.2 Å². The average molecular weight is 492 g/mol. The predicted octanol–water partition coefficient (Wildman–Crippen LogP) is 7.34. The molecule has 6 rings (SSSR count). The zero-order valence-corrected chi connectivity index (χ0v) is 20.9. The van der Waals surface area contributed by atoms with Gasteiger partial charge >= 0.3 is 6.03 Å². The van der Waals surface area contributed by atoms with Crippen LogP contribution in [0.25, 0.3) is 5.00 Å². The Morgan fingerprint density at radius 1 is 1.09 bits per heavy atom. The van der Waals surface area contributed by atoms with Gasteiger partial charge in [-0.3, -0.25) is 0 Å². The van der Waals surface area contributed by atoms with E-state index in [2.05, 4.69) is 58.0 Å². The van der Waals surface area contributed by atoms with Crippen LogP contribution in [0.5, 0.6) is 0 Å². The molecule has 2 aliphatic rings. The summed E-state index contributed by atoms with van der Waals surface area (Å²) in [4.78, 5) is 19.7. The molecular weight excluding hydrogens is 467 g/mol. The van der Waals surface area contributed by atoms with Gasteiger partial charge in [-0.15, -0.1) is 34.4 Å². The minimum Gasteiger partial charge on any atom is -0.310 e. The Morgan fingerprint density at radius 3 is 2.85 bits per heavy atom. The number of aromatic nitrogens is 1. The van der Waals surface area contributed by atoms with Gasteiger partial charge in [-0.1, -0.05) is 12.1 Å². The van der Waals surface area contributed by atoms with Crippen molar-refractivity contribution < 1.29 is 4.79 Å². The van der Waals surface area contributed by atoms with Gasteiger partial charge in [0.1, 0.15) is 11.0 Å². The maximum absolute atomic E-state index is 13.9. The summed E-state index contributed by atoms with van der Waals surface area (Å²) in [5.74, 6) is 0. The second kappa shape index (κ2) is 8.70. The van der Waals surface area contributed by atoms with Crippen molar-refractivity contribution in [2.45, 2.75) is 43.2 Å². The number of fused-ring (bicyclic) bond motifs is 5. The minimum atomic E-state index is -0.123. The summed E-state index contributed by atoms with van der Waals surface area (Å²) in [5, 5.41) is 6.60. The highest BCUT2D eigenvalue weighted by Crippen LogP contribution is 2.44. The molecule has 0 spiro atoms. The molecule has 1 atom stereocenters.